The highest BCUT2D eigenvalue weighted by molar-refractivity contribution is 5.97. The lowest BCUT2D eigenvalue weighted by molar-refractivity contribution is 0.101. The van der Waals surface area contributed by atoms with Crippen molar-refractivity contribution in [1.29, 1.82) is 0 Å². The predicted molar refractivity (Wildman–Crippen MR) is 69.5 cm³/mol. The number of carbonyl (C=O) groups excluding carboxylic acids is 1. The lowest BCUT2D eigenvalue weighted by Crippen LogP contribution is -1.98. The van der Waals surface area contributed by atoms with Crippen LogP contribution in [-0.2, 0) is 0 Å². The standard InChI is InChI=1S/C15H14O3/c1-11(16)14-10-13(8-9-15(14)17-2)18-12-6-4-3-5-7-12/h3-10H,1-2H3. The van der Waals surface area contributed by atoms with Crippen LogP contribution in [0.5, 0.6) is 17.2 Å². The minimum absolute atomic E-state index is 0.0506. The second-order valence-electron chi connectivity index (χ2n) is 3.83. The molecule has 18 heavy (non-hydrogen) atoms. The molecule has 0 N–H and O–H groups in total. The Labute approximate surface area is 106 Å². The molecular formula is C15H14O3. The fourth-order valence-electron chi connectivity index (χ4n) is 1.65. The van der Waals surface area contributed by atoms with E-state index < -0.39 is 0 Å². The molecule has 0 spiro atoms. The lowest BCUT2D eigenvalue weighted by Gasteiger charge is -2.09. The van der Waals surface area contributed by atoms with Crippen molar-refractivity contribution >= 4 is 5.78 Å². The summed E-state index contributed by atoms with van der Waals surface area (Å²) in [6.07, 6.45) is 0. The zero-order valence-electron chi connectivity index (χ0n) is 10.3. The summed E-state index contributed by atoms with van der Waals surface area (Å²) < 4.78 is 10.8. The third-order valence-electron chi connectivity index (χ3n) is 2.53. The Kier molecular flexibility index (Phi) is 3.63. The van der Waals surface area contributed by atoms with Crippen LogP contribution in [0.4, 0.5) is 0 Å². The van der Waals surface area contributed by atoms with Crippen LogP contribution in [0.3, 0.4) is 0 Å². The minimum Gasteiger partial charge on any atom is -0.496 e. The van der Waals surface area contributed by atoms with Gasteiger partial charge < -0.3 is 9.47 Å². The maximum atomic E-state index is 11.5. The van der Waals surface area contributed by atoms with Crippen molar-refractivity contribution in [3.63, 3.8) is 0 Å². The summed E-state index contributed by atoms with van der Waals surface area (Å²) in [6, 6.07) is 14.6. The molecule has 0 radical (unpaired) electrons. The van der Waals surface area contributed by atoms with Gasteiger partial charge in [0.1, 0.15) is 17.2 Å². The molecule has 0 unspecified atom stereocenters. The molecule has 0 fully saturated rings. The number of carbonyl (C=O) groups is 1. The molecule has 0 aromatic heterocycles. The molecular weight excluding hydrogens is 228 g/mol. The van der Waals surface area contributed by atoms with Crippen LogP contribution < -0.4 is 9.47 Å². The molecule has 0 aliphatic rings. The van der Waals surface area contributed by atoms with Crippen LogP contribution >= 0.6 is 0 Å². The number of benzene rings is 2. The third-order valence-corrected chi connectivity index (χ3v) is 2.53. The molecule has 0 heterocycles. The van der Waals surface area contributed by atoms with Gasteiger partial charge in [-0.2, -0.15) is 0 Å². The first-order chi connectivity index (χ1) is 8.70. The SMILES string of the molecule is COc1ccc(Oc2ccccc2)cc1C(C)=O. The summed E-state index contributed by atoms with van der Waals surface area (Å²) in [5.41, 5.74) is 0.519. The molecule has 0 bridgehead atoms. The molecule has 0 aliphatic heterocycles. The summed E-state index contributed by atoms with van der Waals surface area (Å²) in [5.74, 6) is 1.86. The van der Waals surface area contributed by atoms with E-state index >= 15 is 0 Å². The van der Waals surface area contributed by atoms with Crippen molar-refractivity contribution in [2.45, 2.75) is 6.92 Å². The normalized spacial score (nSPS) is 9.89. The zero-order valence-corrected chi connectivity index (χ0v) is 10.3. The van der Waals surface area contributed by atoms with Gasteiger partial charge in [0.2, 0.25) is 0 Å². The molecule has 3 nitrogen and oxygen atoms in total. The molecule has 92 valence electrons. The molecule has 3 heteroatoms. The van der Waals surface area contributed by atoms with Crippen LogP contribution in [0.1, 0.15) is 17.3 Å². The van der Waals surface area contributed by atoms with E-state index in [9.17, 15) is 4.79 Å². The second-order valence-corrected chi connectivity index (χ2v) is 3.83. The van der Waals surface area contributed by atoms with Gasteiger partial charge in [0.15, 0.2) is 5.78 Å². The number of Topliss-reactive ketones (excluding diaryl/α,β-unsaturated/α-hetero) is 1. The summed E-state index contributed by atoms with van der Waals surface area (Å²) in [7, 11) is 1.54. The van der Waals surface area contributed by atoms with E-state index in [1.807, 2.05) is 30.3 Å². The average Bonchev–Trinajstić information content (AvgIpc) is 2.40. The van der Waals surface area contributed by atoms with Crippen molar-refractivity contribution in [2.75, 3.05) is 7.11 Å². The predicted octanol–water partition coefficient (Wildman–Crippen LogP) is 3.69. The highest BCUT2D eigenvalue weighted by atomic mass is 16.5. The zero-order chi connectivity index (χ0) is 13.0. The highest BCUT2D eigenvalue weighted by Gasteiger charge is 2.09. The maximum Gasteiger partial charge on any atom is 0.163 e. The fraction of sp³-hybridized carbons (Fsp3) is 0.133. The smallest absolute Gasteiger partial charge is 0.163 e. The number of hydrogen-bond donors (Lipinski definition) is 0. The first-order valence-electron chi connectivity index (χ1n) is 5.62. The maximum absolute atomic E-state index is 11.5. The van der Waals surface area contributed by atoms with Gasteiger partial charge in [-0.1, -0.05) is 18.2 Å². The van der Waals surface area contributed by atoms with E-state index in [0.29, 0.717) is 17.1 Å². The topological polar surface area (TPSA) is 35.5 Å². The van der Waals surface area contributed by atoms with Gasteiger partial charge in [-0.3, -0.25) is 4.79 Å². The number of methoxy groups -OCH3 is 1. The van der Waals surface area contributed by atoms with Gasteiger partial charge in [0, 0.05) is 0 Å². The number of ether oxygens (including phenoxy) is 2. The molecule has 2 aromatic carbocycles. The lowest BCUT2D eigenvalue weighted by atomic mass is 10.1. The Morgan fingerprint density at radius 2 is 1.72 bits per heavy atom. The number of ketones is 1. The van der Waals surface area contributed by atoms with Crippen molar-refractivity contribution in [1.82, 2.24) is 0 Å². The van der Waals surface area contributed by atoms with Gasteiger partial charge in [-0.25, -0.2) is 0 Å². The molecule has 2 rings (SSSR count). The largest absolute Gasteiger partial charge is 0.496 e. The molecule has 0 aliphatic carbocycles. The van der Waals surface area contributed by atoms with Crippen molar-refractivity contribution < 1.29 is 14.3 Å². The van der Waals surface area contributed by atoms with E-state index in [0.717, 1.165) is 5.75 Å². The van der Waals surface area contributed by atoms with E-state index in [-0.39, 0.29) is 5.78 Å². The molecule has 2 aromatic rings. The van der Waals surface area contributed by atoms with E-state index in [2.05, 4.69) is 0 Å². The number of rotatable bonds is 4. The molecule has 0 amide bonds. The van der Waals surface area contributed by atoms with Crippen LogP contribution in [0.2, 0.25) is 0 Å². The van der Waals surface area contributed by atoms with Gasteiger partial charge in [0.25, 0.3) is 0 Å². The van der Waals surface area contributed by atoms with Crippen molar-refractivity contribution in [3.8, 4) is 17.2 Å². The number of hydrogen-bond acceptors (Lipinski definition) is 3. The quantitative estimate of drug-likeness (QED) is 0.767. The second kappa shape index (κ2) is 5.36. The van der Waals surface area contributed by atoms with Crippen LogP contribution in [0.15, 0.2) is 48.5 Å². The van der Waals surface area contributed by atoms with Gasteiger partial charge in [-0.05, 0) is 37.3 Å². The summed E-state index contributed by atoms with van der Waals surface area (Å²) in [4.78, 5) is 11.5. The minimum atomic E-state index is -0.0506. The molecule has 0 saturated carbocycles. The van der Waals surface area contributed by atoms with Crippen LogP contribution in [0, 0.1) is 0 Å². The monoisotopic (exact) mass is 242 g/mol. The van der Waals surface area contributed by atoms with E-state index in [1.54, 1.807) is 25.3 Å². The number of para-hydroxylation sites is 1. The van der Waals surface area contributed by atoms with Crippen LogP contribution in [0.25, 0.3) is 0 Å². The fourth-order valence-corrected chi connectivity index (χ4v) is 1.65. The van der Waals surface area contributed by atoms with Crippen LogP contribution in [-0.4, -0.2) is 12.9 Å². The summed E-state index contributed by atoms with van der Waals surface area (Å²) in [6.45, 7) is 1.50. The summed E-state index contributed by atoms with van der Waals surface area (Å²) >= 11 is 0. The highest BCUT2D eigenvalue weighted by Crippen LogP contribution is 2.27. The average molecular weight is 242 g/mol. The van der Waals surface area contributed by atoms with Gasteiger partial charge in [0.05, 0.1) is 12.7 Å². The Morgan fingerprint density at radius 3 is 2.33 bits per heavy atom. The van der Waals surface area contributed by atoms with E-state index in [4.69, 9.17) is 9.47 Å². The third kappa shape index (κ3) is 2.69. The first-order valence-corrected chi connectivity index (χ1v) is 5.62. The van der Waals surface area contributed by atoms with Crippen molar-refractivity contribution in [2.24, 2.45) is 0 Å². The molecule has 0 saturated heterocycles. The summed E-state index contributed by atoms with van der Waals surface area (Å²) in [5, 5.41) is 0. The molecule has 0 atom stereocenters. The van der Waals surface area contributed by atoms with Gasteiger partial charge in [-0.15, -0.1) is 0 Å². The van der Waals surface area contributed by atoms with Gasteiger partial charge >= 0.3 is 0 Å². The van der Waals surface area contributed by atoms with Crippen molar-refractivity contribution in [3.05, 3.63) is 54.1 Å². The Morgan fingerprint density at radius 1 is 1.00 bits per heavy atom. The Bertz CT molecular complexity index is 547. The Balaban J connectivity index is 2.30. The van der Waals surface area contributed by atoms with E-state index in [1.165, 1.54) is 6.92 Å². The first kappa shape index (κ1) is 12.2. The Hall–Kier alpha value is -2.29.